The van der Waals surface area contributed by atoms with E-state index in [1.54, 1.807) is 0 Å². The molecule has 1 N–H and O–H groups in total. The van der Waals surface area contributed by atoms with Crippen molar-refractivity contribution in [1.29, 1.82) is 0 Å². The fraction of sp³-hybridized carbons (Fsp3) is 1.00. The second kappa shape index (κ2) is 3.68. The van der Waals surface area contributed by atoms with Crippen LogP contribution in [0.1, 0.15) is 0 Å². The first-order chi connectivity index (χ1) is 3.25. The Labute approximate surface area is 79.6 Å². The summed E-state index contributed by atoms with van der Waals surface area (Å²) in [5, 5.41) is 0. The maximum atomic E-state index is 9.81. The van der Waals surface area contributed by atoms with Crippen LogP contribution >= 0.6 is 34.8 Å². The summed E-state index contributed by atoms with van der Waals surface area (Å²) in [4.78, 5) is 0. The fourth-order valence-corrected chi connectivity index (χ4v) is 0. The van der Waals surface area contributed by atoms with E-state index in [2.05, 4.69) is 0 Å². The molecule has 0 aromatic heterocycles. The molecule has 0 rings (SSSR count). The van der Waals surface area contributed by atoms with Gasteiger partial charge in [-0.1, -0.05) is 34.8 Å². The second-order valence-corrected chi connectivity index (χ2v) is 5.44. The van der Waals surface area contributed by atoms with Gasteiger partial charge in [0.2, 0.25) is 0 Å². The van der Waals surface area contributed by atoms with Crippen LogP contribution in [0.4, 0.5) is 0 Å². The first-order valence-electron chi connectivity index (χ1n) is 1.29. The van der Waals surface area contributed by atoms with Gasteiger partial charge < -0.3 is 0 Å². The van der Waals surface area contributed by atoms with Gasteiger partial charge in [-0.3, -0.25) is 4.55 Å². The molecule has 3 nitrogen and oxygen atoms in total. The van der Waals surface area contributed by atoms with Crippen LogP contribution in [-0.2, 0) is 10.1 Å². The van der Waals surface area contributed by atoms with Gasteiger partial charge in [-0.05, 0) is 0 Å². The molecule has 0 aliphatic rings. The number of halogens is 3. The second-order valence-electron chi connectivity index (χ2n) is 0.921. The van der Waals surface area contributed by atoms with E-state index in [0.29, 0.717) is 0 Å². The summed E-state index contributed by atoms with van der Waals surface area (Å²) in [5.74, 6) is 0. The molecular weight excluding hydrogens is 205 g/mol. The van der Waals surface area contributed by atoms with Gasteiger partial charge in [-0.2, -0.15) is 8.42 Å². The molecule has 0 amide bonds. The van der Waals surface area contributed by atoms with Crippen molar-refractivity contribution in [1.82, 2.24) is 0 Å². The molecule has 0 radical (unpaired) electrons. The van der Waals surface area contributed by atoms with E-state index >= 15 is 0 Å². The molecule has 0 aliphatic heterocycles. The number of rotatable bonds is 0. The molecule has 52 valence electrons. The zero-order valence-electron chi connectivity index (χ0n) is 3.31. The molecule has 0 spiro atoms. The first kappa shape index (κ1) is 13.0. The molecule has 0 saturated carbocycles. The molecule has 0 fully saturated rings. The van der Waals surface area contributed by atoms with Gasteiger partial charge in [0.05, 0.1) is 0 Å². The zero-order valence-corrected chi connectivity index (χ0v) is 6.39. The topological polar surface area (TPSA) is 54.4 Å². The van der Waals surface area contributed by atoms with Crippen LogP contribution < -0.4 is 0 Å². The zero-order chi connectivity index (χ0) is 7.00. The van der Waals surface area contributed by atoms with Crippen LogP contribution in [0.5, 0.6) is 0 Å². The maximum absolute atomic E-state index is 9.81. The Morgan fingerprint density at radius 1 is 1.22 bits per heavy atom. The molecule has 0 aromatic rings. The van der Waals surface area contributed by atoms with Gasteiger partial charge in [0.15, 0.2) is 0 Å². The normalized spacial score (nSPS) is 12.4. The standard InChI is InChI=1S/CHCl3O3S.Li.H/c2-1(3,4)8(5,6)7;;/h(H,5,6,7);;. The SMILES string of the molecule is O=S(=O)(O)C(Cl)(Cl)Cl.[LiH]. The summed E-state index contributed by atoms with van der Waals surface area (Å²) >= 11 is 14.1. The van der Waals surface area contributed by atoms with Crippen molar-refractivity contribution < 1.29 is 13.0 Å². The van der Waals surface area contributed by atoms with Gasteiger partial charge in [-0.25, -0.2) is 0 Å². The third-order valence-corrected chi connectivity index (χ3v) is 2.63. The molecule has 0 unspecified atom stereocenters. The van der Waals surface area contributed by atoms with Gasteiger partial charge in [0.1, 0.15) is 0 Å². The van der Waals surface area contributed by atoms with Crippen molar-refractivity contribution in [2.24, 2.45) is 0 Å². The summed E-state index contributed by atoms with van der Waals surface area (Å²) in [6.07, 6.45) is 0. The van der Waals surface area contributed by atoms with Crippen molar-refractivity contribution in [2.45, 2.75) is 3.12 Å². The summed E-state index contributed by atoms with van der Waals surface area (Å²) < 4.78 is 24.9. The van der Waals surface area contributed by atoms with Crippen LogP contribution in [0.2, 0.25) is 0 Å². The number of alkyl halides is 3. The van der Waals surface area contributed by atoms with Crippen molar-refractivity contribution >= 4 is 63.8 Å². The van der Waals surface area contributed by atoms with E-state index < -0.39 is 13.2 Å². The van der Waals surface area contributed by atoms with Crippen LogP contribution in [0, 0.1) is 0 Å². The van der Waals surface area contributed by atoms with Crippen LogP contribution in [0.3, 0.4) is 0 Å². The van der Waals surface area contributed by atoms with Gasteiger partial charge >= 0.3 is 32.1 Å². The minimum absolute atomic E-state index is 0. The molecule has 0 heterocycles. The van der Waals surface area contributed by atoms with E-state index in [1.807, 2.05) is 0 Å². The molecule has 0 saturated heterocycles. The Morgan fingerprint density at radius 2 is 1.33 bits per heavy atom. The summed E-state index contributed by atoms with van der Waals surface area (Å²) in [5.41, 5.74) is 0. The fourth-order valence-electron chi connectivity index (χ4n) is 0. The molecule has 0 aliphatic carbocycles. The van der Waals surface area contributed by atoms with Gasteiger partial charge in [0.25, 0.3) is 0 Å². The molecule has 0 atom stereocenters. The summed E-state index contributed by atoms with van der Waals surface area (Å²) in [6, 6.07) is 0. The summed E-state index contributed by atoms with van der Waals surface area (Å²) in [6.45, 7) is 0. The first-order valence-corrected chi connectivity index (χ1v) is 3.86. The predicted octanol–water partition coefficient (Wildman–Crippen LogP) is 0.553. The number of hydrogen-bond donors (Lipinski definition) is 1. The van der Waals surface area contributed by atoms with Crippen LogP contribution in [0.15, 0.2) is 0 Å². The van der Waals surface area contributed by atoms with Crippen molar-refractivity contribution in [3.63, 3.8) is 0 Å². The Balaban J connectivity index is 0. The average Bonchev–Trinajstić information content (AvgIpc) is 1.25. The van der Waals surface area contributed by atoms with E-state index in [0.717, 1.165) is 0 Å². The Bertz CT molecular complexity index is 168. The van der Waals surface area contributed by atoms with Crippen molar-refractivity contribution in [2.75, 3.05) is 0 Å². The Hall–Kier alpha value is 1.38. The van der Waals surface area contributed by atoms with E-state index in [1.165, 1.54) is 0 Å². The van der Waals surface area contributed by atoms with Crippen LogP contribution in [-0.4, -0.2) is 35.0 Å². The Kier molecular flexibility index (Phi) is 5.31. The van der Waals surface area contributed by atoms with Crippen molar-refractivity contribution in [3.05, 3.63) is 0 Å². The van der Waals surface area contributed by atoms with Gasteiger partial charge in [-0.15, -0.1) is 0 Å². The predicted molar refractivity (Wildman–Crippen MR) is 39.0 cm³/mol. The average molecular weight is 207 g/mol. The van der Waals surface area contributed by atoms with Gasteiger partial charge in [0, 0.05) is 0 Å². The van der Waals surface area contributed by atoms with Crippen LogP contribution in [0.25, 0.3) is 0 Å². The van der Waals surface area contributed by atoms with E-state index in [-0.39, 0.29) is 18.9 Å². The van der Waals surface area contributed by atoms with E-state index in [4.69, 9.17) is 39.4 Å². The minimum atomic E-state index is -4.54. The molecule has 8 heteroatoms. The Morgan fingerprint density at radius 3 is 1.33 bits per heavy atom. The molecular formula is CH2Cl3LiO3S. The monoisotopic (exact) mass is 206 g/mol. The van der Waals surface area contributed by atoms with Crippen molar-refractivity contribution in [3.8, 4) is 0 Å². The molecule has 0 aromatic carbocycles. The molecule has 0 bridgehead atoms. The number of hydrogen-bond acceptors (Lipinski definition) is 2. The quantitative estimate of drug-likeness (QED) is 0.359. The third kappa shape index (κ3) is 4.74. The summed E-state index contributed by atoms with van der Waals surface area (Å²) in [7, 11) is -4.54. The molecule has 9 heavy (non-hydrogen) atoms. The van der Waals surface area contributed by atoms with E-state index in [9.17, 15) is 8.42 Å². The third-order valence-electron chi connectivity index (χ3n) is 0.292.